The van der Waals surface area contributed by atoms with Crippen molar-refractivity contribution in [2.24, 2.45) is 5.92 Å². The smallest absolute Gasteiger partial charge is 0.433 e. The normalized spacial score (nSPS) is 15.9. The number of rotatable bonds is 4. The predicted molar refractivity (Wildman–Crippen MR) is 95.2 cm³/mol. The van der Waals surface area contributed by atoms with Crippen LogP contribution in [0.25, 0.3) is 5.78 Å². The number of piperidine rings is 1. The third-order valence-corrected chi connectivity index (χ3v) is 4.81. The number of aryl methyl sites for hydroxylation is 1. The molecule has 1 saturated heterocycles. The summed E-state index contributed by atoms with van der Waals surface area (Å²) in [7, 11) is 0. The summed E-state index contributed by atoms with van der Waals surface area (Å²) in [6.45, 7) is 3.90. The Kier molecular flexibility index (Phi) is 4.78. The minimum Gasteiger partial charge on any atom is -0.493 e. The first-order valence-corrected chi connectivity index (χ1v) is 8.98. The van der Waals surface area contributed by atoms with Gasteiger partial charge in [0.1, 0.15) is 23.6 Å². The third-order valence-electron chi connectivity index (χ3n) is 4.81. The van der Waals surface area contributed by atoms with Crippen LogP contribution in [-0.2, 0) is 6.18 Å². The van der Waals surface area contributed by atoms with Crippen molar-refractivity contribution in [3.05, 3.63) is 42.1 Å². The lowest BCUT2D eigenvalue weighted by atomic mass is 9.98. The fourth-order valence-corrected chi connectivity index (χ4v) is 3.34. The Morgan fingerprint density at radius 2 is 1.96 bits per heavy atom. The van der Waals surface area contributed by atoms with Crippen LogP contribution in [0, 0.1) is 12.8 Å². The van der Waals surface area contributed by atoms with Gasteiger partial charge >= 0.3 is 6.18 Å². The number of anilines is 1. The van der Waals surface area contributed by atoms with Crippen LogP contribution in [0.5, 0.6) is 5.75 Å². The molecule has 0 aliphatic carbocycles. The van der Waals surface area contributed by atoms with Gasteiger partial charge in [0.15, 0.2) is 0 Å². The average Bonchev–Trinajstić information content (AvgIpc) is 3.14. The van der Waals surface area contributed by atoms with Gasteiger partial charge in [-0.15, -0.1) is 0 Å². The number of alkyl halides is 3. The molecule has 0 spiro atoms. The van der Waals surface area contributed by atoms with Crippen molar-refractivity contribution in [2.75, 3.05) is 24.6 Å². The summed E-state index contributed by atoms with van der Waals surface area (Å²) in [5.74, 6) is 1.98. The van der Waals surface area contributed by atoms with Crippen LogP contribution in [0.1, 0.15) is 24.2 Å². The monoisotopic (exact) mass is 392 g/mol. The molecule has 0 radical (unpaired) electrons. The molecule has 1 aliphatic rings. The fourth-order valence-electron chi connectivity index (χ4n) is 3.34. The zero-order chi connectivity index (χ0) is 19.7. The zero-order valence-corrected chi connectivity index (χ0v) is 15.2. The molecule has 1 fully saturated rings. The second-order valence-electron chi connectivity index (χ2n) is 6.84. The Hall–Kier alpha value is -2.91. The summed E-state index contributed by atoms with van der Waals surface area (Å²) in [4.78, 5) is 14.1. The lowest BCUT2D eigenvalue weighted by Gasteiger charge is -2.33. The quantitative estimate of drug-likeness (QED) is 0.680. The maximum Gasteiger partial charge on any atom is 0.433 e. The van der Waals surface area contributed by atoms with Gasteiger partial charge in [0.2, 0.25) is 0 Å². The maximum absolute atomic E-state index is 12.7. The topological polar surface area (TPSA) is 68.4 Å². The van der Waals surface area contributed by atoms with E-state index < -0.39 is 11.9 Å². The minimum atomic E-state index is -4.47. The van der Waals surface area contributed by atoms with E-state index in [2.05, 4.69) is 25.0 Å². The fraction of sp³-hybridized carbons (Fsp3) is 0.444. The summed E-state index contributed by atoms with van der Waals surface area (Å²) in [5, 5.41) is 4.24. The van der Waals surface area contributed by atoms with Gasteiger partial charge in [0.05, 0.1) is 6.61 Å². The number of aromatic nitrogens is 5. The summed E-state index contributed by atoms with van der Waals surface area (Å²) in [6, 6.07) is 4.37. The molecular formula is C18H19F3N6O. The molecule has 1 aliphatic heterocycles. The first-order chi connectivity index (χ1) is 13.4. The van der Waals surface area contributed by atoms with Crippen molar-refractivity contribution >= 4 is 11.6 Å². The van der Waals surface area contributed by atoms with E-state index in [1.165, 1.54) is 12.4 Å². The van der Waals surface area contributed by atoms with E-state index in [1.807, 2.05) is 13.0 Å². The van der Waals surface area contributed by atoms with Gasteiger partial charge < -0.3 is 9.64 Å². The summed E-state index contributed by atoms with van der Waals surface area (Å²) in [5.41, 5.74) is -0.0659. The molecule has 4 heterocycles. The van der Waals surface area contributed by atoms with Gasteiger partial charge in [-0.2, -0.15) is 27.8 Å². The van der Waals surface area contributed by atoms with Crippen LogP contribution < -0.4 is 9.64 Å². The van der Waals surface area contributed by atoms with Gasteiger partial charge in [-0.05, 0) is 31.7 Å². The predicted octanol–water partition coefficient (Wildman–Crippen LogP) is 3.14. The van der Waals surface area contributed by atoms with E-state index in [4.69, 9.17) is 4.74 Å². The minimum absolute atomic E-state index is 0.193. The highest BCUT2D eigenvalue weighted by molar-refractivity contribution is 5.47. The first kappa shape index (κ1) is 18.5. The number of pyridine rings is 1. The van der Waals surface area contributed by atoms with Crippen LogP contribution in [0.2, 0.25) is 0 Å². The lowest BCUT2D eigenvalue weighted by molar-refractivity contribution is -0.141. The first-order valence-electron chi connectivity index (χ1n) is 8.98. The van der Waals surface area contributed by atoms with Gasteiger partial charge in [0, 0.05) is 37.1 Å². The highest BCUT2D eigenvalue weighted by Crippen LogP contribution is 2.30. The Bertz CT molecular complexity index is 965. The van der Waals surface area contributed by atoms with E-state index in [9.17, 15) is 13.2 Å². The second kappa shape index (κ2) is 7.25. The van der Waals surface area contributed by atoms with Crippen molar-refractivity contribution in [2.45, 2.75) is 25.9 Å². The number of ether oxygens (including phenoxy) is 1. The number of nitrogens with zero attached hydrogens (tertiary/aromatic N) is 6. The summed E-state index contributed by atoms with van der Waals surface area (Å²) in [6.07, 6.45) is -0.130. The van der Waals surface area contributed by atoms with Crippen LogP contribution in [0.3, 0.4) is 0 Å². The Morgan fingerprint density at radius 3 is 2.71 bits per heavy atom. The molecule has 0 aromatic carbocycles. The Morgan fingerprint density at radius 1 is 1.18 bits per heavy atom. The highest BCUT2D eigenvalue weighted by Gasteiger charge is 2.32. The molecule has 3 aromatic rings. The molecule has 3 aromatic heterocycles. The van der Waals surface area contributed by atoms with Crippen molar-refractivity contribution in [3.8, 4) is 5.75 Å². The van der Waals surface area contributed by atoms with Gasteiger partial charge in [0.25, 0.3) is 5.78 Å². The zero-order valence-electron chi connectivity index (χ0n) is 15.2. The molecule has 148 valence electrons. The molecule has 0 saturated carbocycles. The van der Waals surface area contributed by atoms with Crippen molar-refractivity contribution in [1.82, 2.24) is 24.6 Å². The van der Waals surface area contributed by atoms with Crippen LogP contribution in [-0.4, -0.2) is 44.3 Å². The Balaban J connectivity index is 1.36. The molecule has 0 bridgehead atoms. The molecule has 10 heteroatoms. The SMILES string of the molecule is Cc1cc(N2CCC(COc3ccnc(C(F)(F)F)c3)CC2)n2ncnc2n1. The molecule has 7 nitrogen and oxygen atoms in total. The van der Waals surface area contributed by atoms with E-state index in [0.29, 0.717) is 12.4 Å². The number of hydrogen-bond acceptors (Lipinski definition) is 6. The van der Waals surface area contributed by atoms with E-state index in [1.54, 1.807) is 4.52 Å². The maximum atomic E-state index is 12.7. The summed E-state index contributed by atoms with van der Waals surface area (Å²) >= 11 is 0. The molecule has 0 amide bonds. The summed E-state index contributed by atoms with van der Waals surface area (Å²) < 4.78 is 45.6. The number of halogens is 3. The van der Waals surface area contributed by atoms with E-state index >= 15 is 0 Å². The molecular weight excluding hydrogens is 373 g/mol. The molecule has 0 atom stereocenters. The van der Waals surface area contributed by atoms with Crippen molar-refractivity contribution < 1.29 is 17.9 Å². The van der Waals surface area contributed by atoms with Crippen LogP contribution >= 0.6 is 0 Å². The molecule has 28 heavy (non-hydrogen) atoms. The second-order valence-corrected chi connectivity index (χ2v) is 6.84. The van der Waals surface area contributed by atoms with Gasteiger partial charge in [-0.3, -0.25) is 4.98 Å². The van der Waals surface area contributed by atoms with Crippen molar-refractivity contribution in [1.29, 1.82) is 0 Å². The Labute approximate surface area is 159 Å². The third kappa shape index (κ3) is 3.85. The molecule has 0 N–H and O–H groups in total. The largest absolute Gasteiger partial charge is 0.493 e. The van der Waals surface area contributed by atoms with Crippen LogP contribution in [0.4, 0.5) is 19.0 Å². The number of hydrogen-bond donors (Lipinski definition) is 0. The molecule has 0 unspecified atom stereocenters. The van der Waals surface area contributed by atoms with Gasteiger partial charge in [-0.25, -0.2) is 4.98 Å². The molecule has 4 rings (SSSR count). The van der Waals surface area contributed by atoms with E-state index in [-0.39, 0.29) is 11.7 Å². The van der Waals surface area contributed by atoms with Gasteiger partial charge in [-0.1, -0.05) is 0 Å². The number of fused-ring (bicyclic) bond motifs is 1. The van der Waals surface area contributed by atoms with E-state index in [0.717, 1.165) is 49.7 Å². The van der Waals surface area contributed by atoms with Crippen molar-refractivity contribution in [3.63, 3.8) is 0 Å². The average molecular weight is 392 g/mol. The highest BCUT2D eigenvalue weighted by atomic mass is 19.4. The van der Waals surface area contributed by atoms with Crippen LogP contribution in [0.15, 0.2) is 30.7 Å². The standard InChI is InChI=1S/C18H19F3N6O/c1-12-8-16(27-17(25-12)23-11-24-27)26-6-3-13(4-7-26)10-28-14-2-5-22-15(9-14)18(19,20)21/h2,5,8-9,11,13H,3-4,6-7,10H2,1H3. The lowest BCUT2D eigenvalue weighted by Crippen LogP contribution is -2.36.